The maximum Gasteiger partial charge on any atom is 0.139 e. The molecule has 0 heterocycles. The first-order valence-corrected chi connectivity index (χ1v) is 7.67. The molecule has 0 radical (unpaired) electrons. The lowest BCUT2D eigenvalue weighted by Crippen LogP contribution is -2.34. The van der Waals surface area contributed by atoms with Gasteiger partial charge in [-0.25, -0.2) is 0 Å². The largest absolute Gasteiger partial charge is 0.381 e. The van der Waals surface area contributed by atoms with Gasteiger partial charge in [-0.15, -0.1) is 0 Å². The van der Waals surface area contributed by atoms with E-state index in [2.05, 4.69) is 27.7 Å². The van der Waals surface area contributed by atoms with E-state index in [1.54, 1.807) is 0 Å². The van der Waals surface area contributed by atoms with Gasteiger partial charge in [-0.05, 0) is 31.1 Å². The van der Waals surface area contributed by atoms with Crippen LogP contribution >= 0.6 is 0 Å². The minimum absolute atomic E-state index is 0.0811. The van der Waals surface area contributed by atoms with Crippen molar-refractivity contribution < 1.29 is 9.53 Å². The number of hydrogen-bond acceptors (Lipinski definition) is 2. The average molecular weight is 254 g/mol. The van der Waals surface area contributed by atoms with Crippen LogP contribution < -0.4 is 0 Å². The van der Waals surface area contributed by atoms with E-state index in [0.29, 0.717) is 17.6 Å². The van der Waals surface area contributed by atoms with Gasteiger partial charge in [0.05, 0.1) is 0 Å². The third-order valence-electron chi connectivity index (χ3n) is 4.62. The molecule has 0 bridgehead atoms. The van der Waals surface area contributed by atoms with Crippen LogP contribution in [0.5, 0.6) is 0 Å². The van der Waals surface area contributed by atoms with E-state index >= 15 is 0 Å². The SMILES string of the molecule is CCCCOCC(C)C1CCC(=O)[C@@]1(C)CCC. The van der Waals surface area contributed by atoms with Gasteiger partial charge in [0.15, 0.2) is 0 Å². The second-order valence-corrected chi connectivity index (χ2v) is 6.14. The molecular weight excluding hydrogens is 224 g/mol. The summed E-state index contributed by atoms with van der Waals surface area (Å²) in [5.41, 5.74) is -0.0811. The predicted molar refractivity (Wildman–Crippen MR) is 75.6 cm³/mol. The Balaban J connectivity index is 2.50. The summed E-state index contributed by atoms with van der Waals surface area (Å²) in [7, 11) is 0. The molecule has 0 aromatic carbocycles. The van der Waals surface area contributed by atoms with Crippen molar-refractivity contribution >= 4 is 5.78 Å². The molecule has 2 heteroatoms. The summed E-state index contributed by atoms with van der Waals surface area (Å²) in [5, 5.41) is 0. The van der Waals surface area contributed by atoms with Crippen molar-refractivity contribution in [3.63, 3.8) is 0 Å². The van der Waals surface area contributed by atoms with E-state index < -0.39 is 0 Å². The second kappa shape index (κ2) is 7.28. The van der Waals surface area contributed by atoms with Crippen LogP contribution in [0.25, 0.3) is 0 Å². The quantitative estimate of drug-likeness (QED) is 0.606. The zero-order valence-corrected chi connectivity index (χ0v) is 12.6. The zero-order valence-electron chi connectivity index (χ0n) is 12.6. The van der Waals surface area contributed by atoms with Crippen LogP contribution in [0.2, 0.25) is 0 Å². The summed E-state index contributed by atoms with van der Waals surface area (Å²) in [5.74, 6) is 1.51. The van der Waals surface area contributed by atoms with Gasteiger partial charge in [0.2, 0.25) is 0 Å². The molecule has 1 fully saturated rings. The molecule has 1 rings (SSSR count). The van der Waals surface area contributed by atoms with E-state index in [4.69, 9.17) is 4.74 Å². The molecule has 0 N–H and O–H groups in total. The Labute approximate surface area is 112 Å². The number of rotatable bonds is 8. The molecule has 0 spiro atoms. The molecule has 18 heavy (non-hydrogen) atoms. The minimum Gasteiger partial charge on any atom is -0.381 e. The fourth-order valence-electron chi connectivity index (χ4n) is 3.49. The van der Waals surface area contributed by atoms with Gasteiger partial charge in [-0.1, -0.05) is 40.5 Å². The third-order valence-corrected chi connectivity index (χ3v) is 4.62. The lowest BCUT2D eigenvalue weighted by atomic mass is 9.70. The van der Waals surface area contributed by atoms with Crippen LogP contribution in [-0.2, 0) is 9.53 Å². The highest BCUT2D eigenvalue weighted by molar-refractivity contribution is 5.86. The predicted octanol–water partition coefficient (Wildman–Crippen LogP) is 4.22. The first kappa shape index (κ1) is 15.7. The van der Waals surface area contributed by atoms with Crippen LogP contribution in [0, 0.1) is 17.3 Å². The van der Waals surface area contributed by atoms with Crippen LogP contribution in [0.15, 0.2) is 0 Å². The topological polar surface area (TPSA) is 26.3 Å². The van der Waals surface area contributed by atoms with Crippen LogP contribution in [0.3, 0.4) is 0 Å². The Kier molecular flexibility index (Phi) is 6.34. The number of hydrogen-bond donors (Lipinski definition) is 0. The fourth-order valence-corrected chi connectivity index (χ4v) is 3.49. The van der Waals surface area contributed by atoms with Crippen molar-refractivity contribution in [3.05, 3.63) is 0 Å². The summed E-state index contributed by atoms with van der Waals surface area (Å²) < 4.78 is 5.74. The molecule has 1 aliphatic rings. The summed E-state index contributed by atoms with van der Waals surface area (Å²) in [6, 6.07) is 0. The highest BCUT2D eigenvalue weighted by Gasteiger charge is 2.46. The average Bonchev–Trinajstić information content (AvgIpc) is 2.62. The normalized spacial score (nSPS) is 29.8. The van der Waals surface area contributed by atoms with Gasteiger partial charge in [0.1, 0.15) is 5.78 Å². The fraction of sp³-hybridized carbons (Fsp3) is 0.938. The maximum absolute atomic E-state index is 12.1. The van der Waals surface area contributed by atoms with Crippen molar-refractivity contribution in [1.29, 1.82) is 0 Å². The summed E-state index contributed by atoms with van der Waals surface area (Å²) in [6.07, 6.45) is 6.30. The van der Waals surface area contributed by atoms with Crippen molar-refractivity contribution in [2.24, 2.45) is 17.3 Å². The van der Waals surface area contributed by atoms with Gasteiger partial charge in [0, 0.05) is 25.0 Å². The minimum atomic E-state index is -0.0811. The number of unbranched alkanes of at least 4 members (excludes halogenated alkanes) is 1. The van der Waals surface area contributed by atoms with Gasteiger partial charge in [0.25, 0.3) is 0 Å². The molecule has 1 aliphatic carbocycles. The van der Waals surface area contributed by atoms with E-state index in [0.717, 1.165) is 45.3 Å². The summed E-state index contributed by atoms with van der Waals surface area (Å²) >= 11 is 0. The van der Waals surface area contributed by atoms with Gasteiger partial charge < -0.3 is 4.74 Å². The van der Waals surface area contributed by atoms with E-state index in [9.17, 15) is 4.79 Å². The molecule has 2 unspecified atom stereocenters. The van der Waals surface area contributed by atoms with Crippen molar-refractivity contribution in [2.45, 2.75) is 66.2 Å². The second-order valence-electron chi connectivity index (χ2n) is 6.14. The molecule has 2 nitrogen and oxygen atoms in total. The maximum atomic E-state index is 12.1. The summed E-state index contributed by atoms with van der Waals surface area (Å²) in [6.45, 7) is 10.5. The molecule has 0 aliphatic heterocycles. The highest BCUT2D eigenvalue weighted by atomic mass is 16.5. The smallest absolute Gasteiger partial charge is 0.139 e. The molecule has 3 atom stereocenters. The molecule has 0 saturated heterocycles. The first-order chi connectivity index (χ1) is 8.56. The van der Waals surface area contributed by atoms with Crippen LogP contribution in [0.4, 0.5) is 0 Å². The number of carbonyl (C=O) groups excluding carboxylic acids is 1. The van der Waals surface area contributed by atoms with Crippen molar-refractivity contribution in [3.8, 4) is 0 Å². The Morgan fingerprint density at radius 3 is 2.72 bits per heavy atom. The van der Waals surface area contributed by atoms with E-state index in [-0.39, 0.29) is 5.41 Å². The molecular formula is C16H30O2. The highest BCUT2D eigenvalue weighted by Crippen LogP contribution is 2.47. The number of ketones is 1. The Morgan fingerprint density at radius 1 is 1.39 bits per heavy atom. The first-order valence-electron chi connectivity index (χ1n) is 7.67. The van der Waals surface area contributed by atoms with Gasteiger partial charge in [-0.2, -0.15) is 0 Å². The number of ether oxygens (including phenoxy) is 1. The molecule has 106 valence electrons. The Hall–Kier alpha value is -0.370. The van der Waals surface area contributed by atoms with Crippen LogP contribution in [-0.4, -0.2) is 19.0 Å². The monoisotopic (exact) mass is 254 g/mol. The molecule has 0 amide bonds. The van der Waals surface area contributed by atoms with Gasteiger partial charge >= 0.3 is 0 Å². The Bertz CT molecular complexity index is 262. The Morgan fingerprint density at radius 2 is 2.11 bits per heavy atom. The van der Waals surface area contributed by atoms with Gasteiger partial charge in [-0.3, -0.25) is 4.79 Å². The molecule has 1 saturated carbocycles. The lowest BCUT2D eigenvalue weighted by Gasteiger charge is -2.34. The number of carbonyl (C=O) groups is 1. The third kappa shape index (κ3) is 3.57. The van der Waals surface area contributed by atoms with Crippen molar-refractivity contribution in [1.82, 2.24) is 0 Å². The van der Waals surface area contributed by atoms with Crippen molar-refractivity contribution in [2.75, 3.05) is 13.2 Å². The number of Topliss-reactive ketones (excluding diaryl/α,β-unsaturated/α-hetero) is 1. The summed E-state index contributed by atoms with van der Waals surface area (Å²) in [4.78, 5) is 12.1. The van der Waals surface area contributed by atoms with E-state index in [1.165, 1.54) is 6.42 Å². The standard InChI is InChI=1S/C16H30O2/c1-5-7-11-18-12-13(3)14-8-9-15(17)16(14,4)10-6-2/h13-14H,5-12H2,1-4H3/t13?,14?,16-/m0/s1. The zero-order chi connectivity index (χ0) is 13.6. The van der Waals surface area contributed by atoms with E-state index in [1.807, 2.05) is 0 Å². The lowest BCUT2D eigenvalue weighted by molar-refractivity contribution is -0.127. The van der Waals surface area contributed by atoms with Crippen LogP contribution in [0.1, 0.15) is 66.2 Å². The molecule has 0 aromatic heterocycles. The molecule has 0 aromatic rings.